The number of nitrogens with zero attached hydrogens (tertiary/aromatic N) is 2. The van der Waals surface area contributed by atoms with Gasteiger partial charge in [-0.3, -0.25) is 4.57 Å². The average molecular weight is 285 g/mol. The second-order valence-corrected chi connectivity index (χ2v) is 5.88. The molecule has 0 amide bonds. The van der Waals surface area contributed by atoms with E-state index in [0.29, 0.717) is 6.04 Å². The van der Waals surface area contributed by atoms with Crippen molar-refractivity contribution in [2.45, 2.75) is 45.6 Å². The van der Waals surface area contributed by atoms with E-state index >= 15 is 0 Å². The summed E-state index contributed by atoms with van der Waals surface area (Å²) in [6.45, 7) is 4.12. The van der Waals surface area contributed by atoms with Crippen molar-refractivity contribution in [3.8, 4) is 11.4 Å². The van der Waals surface area contributed by atoms with E-state index in [4.69, 9.17) is 4.74 Å². The Morgan fingerprint density at radius 1 is 1.24 bits per heavy atom. The molecule has 1 aliphatic carbocycles. The molecule has 0 saturated heterocycles. The van der Waals surface area contributed by atoms with Gasteiger partial charge in [0.1, 0.15) is 5.75 Å². The number of nitrogens with one attached hydrogen (secondary N) is 1. The summed E-state index contributed by atoms with van der Waals surface area (Å²) in [5.74, 6) is 1.79. The van der Waals surface area contributed by atoms with Gasteiger partial charge in [-0.1, -0.05) is 18.9 Å². The van der Waals surface area contributed by atoms with Crippen LogP contribution in [0.3, 0.4) is 0 Å². The first kappa shape index (κ1) is 14.0. The molecule has 0 radical (unpaired) electrons. The van der Waals surface area contributed by atoms with Crippen molar-refractivity contribution in [1.29, 1.82) is 0 Å². The van der Waals surface area contributed by atoms with Crippen LogP contribution in [0.25, 0.3) is 5.69 Å². The maximum atomic E-state index is 5.51. The lowest BCUT2D eigenvalue weighted by Crippen LogP contribution is -2.17. The SMILES string of the molecule is COc1ccc(C)cc1-n1cc(C)nc1NC1CCCC1. The zero-order valence-corrected chi connectivity index (χ0v) is 13.0. The van der Waals surface area contributed by atoms with Crippen LogP contribution in [0.1, 0.15) is 36.9 Å². The molecule has 0 atom stereocenters. The van der Waals surface area contributed by atoms with Crippen LogP contribution in [0.4, 0.5) is 5.95 Å². The minimum atomic E-state index is 0.543. The van der Waals surface area contributed by atoms with E-state index in [1.165, 1.54) is 31.2 Å². The minimum Gasteiger partial charge on any atom is -0.495 e. The molecule has 4 heteroatoms. The van der Waals surface area contributed by atoms with Crippen molar-refractivity contribution in [3.63, 3.8) is 0 Å². The third kappa shape index (κ3) is 2.89. The summed E-state index contributed by atoms with van der Waals surface area (Å²) >= 11 is 0. The smallest absolute Gasteiger partial charge is 0.208 e. The van der Waals surface area contributed by atoms with Crippen molar-refractivity contribution in [3.05, 3.63) is 35.7 Å². The fourth-order valence-corrected chi connectivity index (χ4v) is 3.02. The second-order valence-electron chi connectivity index (χ2n) is 5.88. The number of benzene rings is 1. The van der Waals surface area contributed by atoms with Crippen molar-refractivity contribution in [2.24, 2.45) is 0 Å². The highest BCUT2D eigenvalue weighted by Crippen LogP contribution is 2.29. The van der Waals surface area contributed by atoms with Crippen LogP contribution in [0, 0.1) is 13.8 Å². The third-order valence-electron chi connectivity index (χ3n) is 4.11. The largest absolute Gasteiger partial charge is 0.495 e. The van der Waals surface area contributed by atoms with E-state index in [2.05, 4.69) is 40.1 Å². The number of rotatable bonds is 4. The summed E-state index contributed by atoms with van der Waals surface area (Å²) in [5, 5.41) is 3.60. The second kappa shape index (κ2) is 5.80. The Hall–Kier alpha value is -1.97. The molecule has 1 aromatic carbocycles. The molecule has 0 spiro atoms. The van der Waals surface area contributed by atoms with Crippen molar-refractivity contribution >= 4 is 5.95 Å². The molecule has 1 saturated carbocycles. The Kier molecular flexibility index (Phi) is 3.86. The van der Waals surface area contributed by atoms with E-state index in [9.17, 15) is 0 Å². The number of hydrogen-bond acceptors (Lipinski definition) is 3. The molecule has 2 aromatic rings. The lowest BCUT2D eigenvalue weighted by Gasteiger charge is -2.16. The minimum absolute atomic E-state index is 0.543. The zero-order valence-electron chi connectivity index (χ0n) is 13.0. The topological polar surface area (TPSA) is 39.1 Å². The third-order valence-corrected chi connectivity index (χ3v) is 4.11. The van der Waals surface area contributed by atoms with Gasteiger partial charge in [0, 0.05) is 12.2 Å². The first-order valence-electron chi connectivity index (χ1n) is 7.65. The molecular formula is C17H23N3O. The molecule has 0 aliphatic heterocycles. The highest BCUT2D eigenvalue weighted by Gasteiger charge is 2.19. The van der Waals surface area contributed by atoms with Crippen LogP contribution >= 0.6 is 0 Å². The number of imidazole rings is 1. The molecule has 1 heterocycles. The van der Waals surface area contributed by atoms with E-state index in [0.717, 1.165) is 23.1 Å². The molecule has 0 unspecified atom stereocenters. The van der Waals surface area contributed by atoms with Gasteiger partial charge in [0.15, 0.2) is 0 Å². The van der Waals surface area contributed by atoms with Gasteiger partial charge in [-0.15, -0.1) is 0 Å². The van der Waals surface area contributed by atoms with Gasteiger partial charge in [0.05, 0.1) is 18.5 Å². The van der Waals surface area contributed by atoms with Crippen LogP contribution in [0.5, 0.6) is 5.75 Å². The normalized spacial score (nSPS) is 15.4. The van der Waals surface area contributed by atoms with Gasteiger partial charge in [-0.2, -0.15) is 0 Å². The van der Waals surface area contributed by atoms with Crippen LogP contribution < -0.4 is 10.1 Å². The van der Waals surface area contributed by atoms with Gasteiger partial charge >= 0.3 is 0 Å². The molecule has 0 bridgehead atoms. The average Bonchev–Trinajstić information content (AvgIpc) is 3.09. The molecule has 1 aliphatic rings. The Bertz CT molecular complexity index is 627. The number of anilines is 1. The molecule has 21 heavy (non-hydrogen) atoms. The van der Waals surface area contributed by atoms with Crippen LogP contribution in [0.2, 0.25) is 0 Å². The summed E-state index contributed by atoms with van der Waals surface area (Å²) in [6, 6.07) is 6.76. The predicted octanol–water partition coefficient (Wildman–Crippen LogP) is 3.85. The number of hydrogen-bond donors (Lipinski definition) is 1. The monoisotopic (exact) mass is 285 g/mol. The van der Waals surface area contributed by atoms with Gasteiger partial charge < -0.3 is 10.1 Å². The molecule has 3 rings (SSSR count). The fraction of sp³-hybridized carbons (Fsp3) is 0.471. The number of aromatic nitrogens is 2. The quantitative estimate of drug-likeness (QED) is 0.927. The standard InChI is InChI=1S/C17H23N3O/c1-12-8-9-16(21-3)15(10-12)20-11-13(2)18-17(20)19-14-6-4-5-7-14/h8-11,14H,4-7H2,1-3H3,(H,18,19). The summed E-state index contributed by atoms with van der Waals surface area (Å²) < 4.78 is 7.62. The van der Waals surface area contributed by atoms with E-state index in [1.54, 1.807) is 7.11 Å². The van der Waals surface area contributed by atoms with Crippen LogP contribution in [0.15, 0.2) is 24.4 Å². The molecular weight excluding hydrogens is 262 g/mol. The van der Waals surface area contributed by atoms with Crippen molar-refractivity contribution < 1.29 is 4.74 Å². The molecule has 112 valence electrons. The Labute approximate surface area is 126 Å². The molecule has 1 fully saturated rings. The summed E-state index contributed by atoms with van der Waals surface area (Å²) in [7, 11) is 1.71. The maximum Gasteiger partial charge on any atom is 0.208 e. The van der Waals surface area contributed by atoms with Gasteiger partial charge in [0.2, 0.25) is 5.95 Å². The first-order valence-corrected chi connectivity index (χ1v) is 7.65. The van der Waals surface area contributed by atoms with Crippen LogP contribution in [-0.2, 0) is 0 Å². The molecule has 1 aromatic heterocycles. The molecule has 1 N–H and O–H groups in total. The predicted molar refractivity (Wildman–Crippen MR) is 85.5 cm³/mol. The van der Waals surface area contributed by atoms with Gasteiger partial charge in [-0.05, 0) is 44.4 Å². The summed E-state index contributed by atoms with van der Waals surface area (Å²) in [6.07, 6.45) is 7.15. The molecule has 4 nitrogen and oxygen atoms in total. The number of aryl methyl sites for hydroxylation is 2. The van der Waals surface area contributed by atoms with Crippen molar-refractivity contribution in [2.75, 3.05) is 12.4 Å². The maximum absolute atomic E-state index is 5.51. The van der Waals surface area contributed by atoms with E-state index in [-0.39, 0.29) is 0 Å². The Morgan fingerprint density at radius 2 is 2.00 bits per heavy atom. The lowest BCUT2D eigenvalue weighted by atomic mass is 10.2. The lowest BCUT2D eigenvalue weighted by molar-refractivity contribution is 0.413. The van der Waals surface area contributed by atoms with Gasteiger partial charge in [0.25, 0.3) is 0 Å². The zero-order chi connectivity index (χ0) is 14.8. The Morgan fingerprint density at radius 3 is 2.71 bits per heavy atom. The van der Waals surface area contributed by atoms with Crippen molar-refractivity contribution in [1.82, 2.24) is 9.55 Å². The van der Waals surface area contributed by atoms with Gasteiger partial charge in [-0.25, -0.2) is 4.98 Å². The van der Waals surface area contributed by atoms with E-state index < -0.39 is 0 Å². The highest BCUT2D eigenvalue weighted by molar-refractivity contribution is 5.54. The first-order chi connectivity index (χ1) is 10.2. The summed E-state index contributed by atoms with van der Waals surface area (Å²) in [4.78, 5) is 4.65. The number of methoxy groups -OCH3 is 1. The highest BCUT2D eigenvalue weighted by atomic mass is 16.5. The van der Waals surface area contributed by atoms with E-state index in [1.807, 2.05) is 13.0 Å². The fourth-order valence-electron chi connectivity index (χ4n) is 3.02. The summed E-state index contributed by atoms with van der Waals surface area (Å²) in [5.41, 5.74) is 3.27. The number of ether oxygens (including phenoxy) is 1. The Balaban J connectivity index is 1.99. The van der Waals surface area contributed by atoms with Crippen LogP contribution in [-0.4, -0.2) is 22.7 Å².